The van der Waals surface area contributed by atoms with Gasteiger partial charge in [-0.15, -0.1) is 0 Å². The molecule has 0 radical (unpaired) electrons. The number of carbonyl (C=O) groups is 1. The number of benzene rings is 3. The number of carbonyl (C=O) groups excluding carboxylic acids is 1. The summed E-state index contributed by atoms with van der Waals surface area (Å²) in [5.74, 6) is 2.54. The van der Waals surface area contributed by atoms with Gasteiger partial charge in [-0.1, -0.05) is 64.1 Å². The van der Waals surface area contributed by atoms with Crippen LogP contribution in [0.15, 0.2) is 104 Å². The summed E-state index contributed by atoms with van der Waals surface area (Å²) in [6.45, 7) is 8.75. The van der Waals surface area contributed by atoms with E-state index in [9.17, 15) is 4.79 Å². The van der Waals surface area contributed by atoms with Crippen molar-refractivity contribution in [3.63, 3.8) is 0 Å². The predicted molar refractivity (Wildman–Crippen MR) is 182 cm³/mol. The first kappa shape index (κ1) is 30.3. The number of hydrogen-bond donors (Lipinski definition) is 3. The van der Waals surface area contributed by atoms with Crippen LogP contribution in [0.1, 0.15) is 44.5 Å². The largest absolute Gasteiger partial charge is 0.488 e. The summed E-state index contributed by atoms with van der Waals surface area (Å²) >= 11 is 0. The minimum atomic E-state index is -0.370. The molecule has 0 atom stereocenters. The second-order valence-corrected chi connectivity index (χ2v) is 11.9. The first-order valence-corrected chi connectivity index (χ1v) is 15.2. The number of urea groups is 1. The fourth-order valence-electron chi connectivity index (χ4n) is 4.97. The molecule has 0 aliphatic rings. The third kappa shape index (κ3) is 6.96. The van der Waals surface area contributed by atoms with Crippen molar-refractivity contribution >= 4 is 39.9 Å². The molecule has 6 rings (SSSR count). The van der Waals surface area contributed by atoms with Crippen LogP contribution < -0.4 is 20.7 Å². The minimum Gasteiger partial charge on any atom is -0.488 e. The maximum absolute atomic E-state index is 13.4. The van der Waals surface area contributed by atoms with Crippen molar-refractivity contribution in [2.24, 2.45) is 0 Å². The van der Waals surface area contributed by atoms with Gasteiger partial charge in [0.15, 0.2) is 0 Å². The highest BCUT2D eigenvalue weighted by molar-refractivity contribution is 6.07. The minimum absolute atomic E-state index is 0.196. The molecule has 6 aromatic rings. The Hall–Kier alpha value is -5.77. The van der Waals surface area contributed by atoms with Crippen molar-refractivity contribution in [3.8, 4) is 11.4 Å². The third-order valence-corrected chi connectivity index (χ3v) is 7.48. The van der Waals surface area contributed by atoms with Crippen molar-refractivity contribution in [1.29, 1.82) is 0 Å². The maximum Gasteiger partial charge on any atom is 0.324 e. The van der Waals surface area contributed by atoms with E-state index < -0.39 is 0 Å². The molecule has 0 saturated carbocycles. The number of pyridine rings is 1. The highest BCUT2D eigenvalue weighted by Gasteiger charge is 2.22. The molecular formula is C36H36N8O2. The number of ether oxygens (including phenoxy) is 1. The lowest BCUT2D eigenvalue weighted by Crippen LogP contribution is -2.21. The normalized spacial score (nSPS) is 11.3. The monoisotopic (exact) mass is 612 g/mol. The lowest BCUT2D eigenvalue weighted by Gasteiger charge is -2.15. The zero-order chi connectivity index (χ0) is 32.1. The second-order valence-electron chi connectivity index (χ2n) is 11.9. The number of nitrogens with one attached hydrogen (secondary N) is 3. The van der Waals surface area contributed by atoms with Crippen LogP contribution in [0.5, 0.6) is 5.75 Å². The van der Waals surface area contributed by atoms with Crippen LogP contribution in [0.4, 0.5) is 27.9 Å². The number of aromatic nitrogens is 5. The lowest BCUT2D eigenvalue weighted by atomic mass is 9.92. The van der Waals surface area contributed by atoms with Crippen molar-refractivity contribution in [2.45, 2.75) is 46.1 Å². The van der Waals surface area contributed by atoms with Crippen LogP contribution in [0.25, 0.3) is 16.5 Å². The Labute approximate surface area is 267 Å². The van der Waals surface area contributed by atoms with Crippen LogP contribution in [0.3, 0.4) is 0 Å². The Kier molecular flexibility index (Phi) is 8.60. The van der Waals surface area contributed by atoms with Crippen LogP contribution in [0.2, 0.25) is 0 Å². The van der Waals surface area contributed by atoms with Gasteiger partial charge in [-0.05, 0) is 53.9 Å². The molecule has 46 heavy (non-hydrogen) atoms. The van der Waals surface area contributed by atoms with Crippen molar-refractivity contribution in [2.75, 3.05) is 16.0 Å². The molecule has 0 saturated heterocycles. The number of rotatable bonds is 9. The van der Waals surface area contributed by atoms with Gasteiger partial charge in [-0.3, -0.25) is 10.3 Å². The molecule has 0 aliphatic heterocycles. The van der Waals surface area contributed by atoms with Crippen molar-refractivity contribution < 1.29 is 9.53 Å². The van der Waals surface area contributed by atoms with E-state index >= 15 is 0 Å². The van der Waals surface area contributed by atoms with Gasteiger partial charge >= 0.3 is 6.03 Å². The van der Waals surface area contributed by atoms with Crippen molar-refractivity contribution in [1.82, 2.24) is 24.7 Å². The summed E-state index contributed by atoms with van der Waals surface area (Å²) in [6, 6.07) is 25.1. The highest BCUT2D eigenvalue weighted by Crippen LogP contribution is 2.33. The van der Waals surface area contributed by atoms with Gasteiger partial charge in [0.2, 0.25) is 0 Å². The highest BCUT2D eigenvalue weighted by atomic mass is 16.5. The molecule has 0 fully saturated rings. The van der Waals surface area contributed by atoms with Gasteiger partial charge in [-0.2, -0.15) is 5.10 Å². The number of nitrogens with zero attached hydrogens (tertiary/aromatic N) is 5. The molecule has 10 heteroatoms. The fourth-order valence-corrected chi connectivity index (χ4v) is 4.97. The third-order valence-electron chi connectivity index (χ3n) is 7.48. The summed E-state index contributed by atoms with van der Waals surface area (Å²) in [4.78, 5) is 26.1. The molecule has 0 aliphatic carbocycles. The molecule has 2 amide bonds. The SMILES string of the molecule is CCc1ccc(-n2nc(C(C)(C)C)cc2NC(=O)Nc2ccc(OCc3ccnc(Nc4cnccn4)c3)c3ccccc23)cc1. The Morgan fingerprint density at radius 1 is 0.826 bits per heavy atom. The number of fused-ring (bicyclic) bond motifs is 1. The summed E-state index contributed by atoms with van der Waals surface area (Å²) in [5.41, 5.74) is 4.38. The molecular weight excluding hydrogens is 576 g/mol. The zero-order valence-electron chi connectivity index (χ0n) is 26.3. The van der Waals surface area contributed by atoms with Gasteiger partial charge in [0, 0.05) is 40.8 Å². The zero-order valence-corrected chi connectivity index (χ0v) is 26.3. The molecule has 10 nitrogen and oxygen atoms in total. The smallest absolute Gasteiger partial charge is 0.324 e. The summed E-state index contributed by atoms with van der Waals surface area (Å²) in [5, 5.41) is 15.8. The van der Waals surface area contributed by atoms with E-state index in [1.54, 1.807) is 29.5 Å². The van der Waals surface area contributed by atoms with E-state index in [4.69, 9.17) is 9.84 Å². The summed E-state index contributed by atoms with van der Waals surface area (Å²) in [6.07, 6.45) is 7.54. The van der Waals surface area contributed by atoms with Crippen LogP contribution in [0, 0.1) is 0 Å². The molecule has 0 spiro atoms. The number of hydrogen-bond acceptors (Lipinski definition) is 7. The van der Waals surface area contributed by atoms with E-state index in [0.717, 1.165) is 34.1 Å². The topological polar surface area (TPSA) is 119 Å². The molecule has 0 unspecified atom stereocenters. The van der Waals surface area contributed by atoms with Gasteiger partial charge < -0.3 is 15.4 Å². The van der Waals surface area contributed by atoms with Crippen LogP contribution >= 0.6 is 0 Å². The molecule has 3 aromatic heterocycles. The Morgan fingerprint density at radius 3 is 2.35 bits per heavy atom. The average Bonchev–Trinajstić information content (AvgIpc) is 3.49. The lowest BCUT2D eigenvalue weighted by molar-refractivity contribution is 0.262. The van der Waals surface area contributed by atoms with E-state index in [-0.39, 0.29) is 11.4 Å². The van der Waals surface area contributed by atoms with Gasteiger partial charge in [0.05, 0.1) is 23.3 Å². The first-order valence-electron chi connectivity index (χ1n) is 15.2. The Bertz CT molecular complexity index is 1960. The van der Waals surface area contributed by atoms with Gasteiger partial charge in [-0.25, -0.2) is 19.4 Å². The number of anilines is 4. The first-order chi connectivity index (χ1) is 22.3. The van der Waals surface area contributed by atoms with E-state index in [2.05, 4.69) is 70.7 Å². The molecule has 3 heterocycles. The van der Waals surface area contributed by atoms with E-state index in [1.807, 2.05) is 66.7 Å². The van der Waals surface area contributed by atoms with Crippen LogP contribution in [-0.2, 0) is 18.4 Å². The summed E-state index contributed by atoms with van der Waals surface area (Å²) in [7, 11) is 0. The maximum atomic E-state index is 13.4. The molecule has 232 valence electrons. The molecule has 3 aromatic carbocycles. The molecule has 0 bridgehead atoms. The predicted octanol–water partition coefficient (Wildman–Crippen LogP) is 8.04. The fraction of sp³-hybridized carbons (Fsp3) is 0.194. The van der Waals surface area contributed by atoms with E-state index in [1.165, 1.54) is 5.56 Å². The van der Waals surface area contributed by atoms with Gasteiger partial charge in [0.1, 0.15) is 29.8 Å². The Balaban J connectivity index is 1.19. The summed E-state index contributed by atoms with van der Waals surface area (Å²) < 4.78 is 8.04. The van der Waals surface area contributed by atoms with Crippen LogP contribution in [-0.4, -0.2) is 30.8 Å². The average molecular weight is 613 g/mol. The molecule has 3 N–H and O–H groups in total. The van der Waals surface area contributed by atoms with Gasteiger partial charge in [0.25, 0.3) is 0 Å². The quantitative estimate of drug-likeness (QED) is 0.151. The number of amides is 2. The number of aryl methyl sites for hydroxylation is 1. The second kappa shape index (κ2) is 13.1. The Morgan fingerprint density at radius 2 is 1.61 bits per heavy atom. The standard InChI is InChI=1S/C36H36N8O2/c1-5-24-10-12-26(13-11-24)44-34(21-31(43-44)36(2,3)4)42-35(45)40-29-14-15-30(28-9-7-6-8-27(28)29)46-23-25-16-17-38-32(20-25)41-33-22-37-18-19-39-33/h6-22H,5,23H2,1-4H3,(H,38,39,41)(H2,40,42,45). The van der Waals surface area contributed by atoms with Crippen molar-refractivity contribution in [3.05, 3.63) is 120 Å². The van der Waals surface area contributed by atoms with E-state index in [0.29, 0.717) is 35.5 Å².